The molecule has 0 spiro atoms. The monoisotopic (exact) mass is 339 g/mol. The Balaban J connectivity index is 1.90. The summed E-state index contributed by atoms with van der Waals surface area (Å²) in [6.45, 7) is 1.50. The van der Waals surface area contributed by atoms with Gasteiger partial charge in [-0.2, -0.15) is 4.98 Å². The Morgan fingerprint density at radius 2 is 2.04 bits per heavy atom. The predicted molar refractivity (Wildman–Crippen MR) is 92.1 cm³/mol. The lowest BCUT2D eigenvalue weighted by Gasteiger charge is -2.06. The Hall–Kier alpha value is -3.26. The van der Waals surface area contributed by atoms with Gasteiger partial charge in [-0.25, -0.2) is 4.52 Å². The number of aromatic nitrogens is 3. The Morgan fingerprint density at radius 1 is 1.20 bits per heavy atom. The van der Waals surface area contributed by atoms with Crippen LogP contribution in [0.4, 0.5) is 5.95 Å². The van der Waals surface area contributed by atoms with Crippen LogP contribution < -0.4 is 10.6 Å². The summed E-state index contributed by atoms with van der Waals surface area (Å²) in [5.41, 5.74) is 2.80. The van der Waals surface area contributed by atoms with Crippen molar-refractivity contribution in [3.8, 4) is 11.1 Å². The van der Waals surface area contributed by atoms with Gasteiger partial charge in [0.2, 0.25) is 11.9 Å². The molecule has 0 atom stereocenters. The SMILES string of the molecule is CC(=O)Nc1nc2ccc(-c3cccc(C(=O)NCCO)c3)cn2n1. The van der Waals surface area contributed by atoms with Crippen LogP contribution in [0.1, 0.15) is 17.3 Å². The molecule has 0 aliphatic rings. The first-order valence-corrected chi connectivity index (χ1v) is 7.70. The first-order valence-electron chi connectivity index (χ1n) is 7.70. The molecule has 3 aromatic rings. The number of nitrogens with zero attached hydrogens (tertiary/aromatic N) is 3. The number of carbonyl (C=O) groups excluding carboxylic acids is 2. The second-order valence-electron chi connectivity index (χ2n) is 5.40. The quantitative estimate of drug-likeness (QED) is 0.644. The fraction of sp³-hybridized carbons (Fsp3) is 0.176. The van der Waals surface area contributed by atoms with Crippen LogP contribution in [-0.4, -0.2) is 44.7 Å². The van der Waals surface area contributed by atoms with Gasteiger partial charge >= 0.3 is 0 Å². The minimum Gasteiger partial charge on any atom is -0.395 e. The number of amides is 2. The highest BCUT2D eigenvalue weighted by Crippen LogP contribution is 2.21. The van der Waals surface area contributed by atoms with Crippen LogP contribution in [0.15, 0.2) is 42.6 Å². The van der Waals surface area contributed by atoms with Gasteiger partial charge in [0.15, 0.2) is 5.65 Å². The third-order valence-corrected chi connectivity index (χ3v) is 3.47. The van der Waals surface area contributed by atoms with Gasteiger partial charge in [-0.05, 0) is 29.8 Å². The van der Waals surface area contributed by atoms with E-state index in [4.69, 9.17) is 5.11 Å². The van der Waals surface area contributed by atoms with E-state index in [-0.39, 0.29) is 30.9 Å². The fourth-order valence-corrected chi connectivity index (χ4v) is 2.38. The maximum absolute atomic E-state index is 12.0. The van der Waals surface area contributed by atoms with Crippen LogP contribution in [-0.2, 0) is 4.79 Å². The molecule has 1 aromatic carbocycles. The molecule has 0 radical (unpaired) electrons. The molecular weight excluding hydrogens is 322 g/mol. The third kappa shape index (κ3) is 3.81. The lowest BCUT2D eigenvalue weighted by atomic mass is 10.0. The van der Waals surface area contributed by atoms with Crippen LogP contribution in [0.5, 0.6) is 0 Å². The predicted octanol–water partition coefficient (Wildman–Crippen LogP) is 1.08. The number of aliphatic hydroxyl groups excluding tert-OH is 1. The number of anilines is 1. The van der Waals surface area contributed by atoms with Crippen LogP contribution in [0.2, 0.25) is 0 Å². The zero-order chi connectivity index (χ0) is 17.8. The molecule has 3 rings (SSSR count). The van der Waals surface area contributed by atoms with E-state index in [9.17, 15) is 9.59 Å². The van der Waals surface area contributed by atoms with E-state index >= 15 is 0 Å². The van der Waals surface area contributed by atoms with Crippen LogP contribution in [0, 0.1) is 0 Å². The first kappa shape index (κ1) is 16.6. The number of rotatable bonds is 5. The molecule has 0 saturated carbocycles. The van der Waals surface area contributed by atoms with Crippen LogP contribution in [0.3, 0.4) is 0 Å². The Kier molecular flexibility index (Phi) is 4.71. The summed E-state index contributed by atoms with van der Waals surface area (Å²) in [7, 11) is 0. The topological polar surface area (TPSA) is 109 Å². The normalized spacial score (nSPS) is 10.6. The van der Waals surface area contributed by atoms with Crippen molar-refractivity contribution < 1.29 is 14.7 Å². The van der Waals surface area contributed by atoms with Gasteiger partial charge in [0, 0.05) is 30.8 Å². The zero-order valence-corrected chi connectivity index (χ0v) is 13.6. The van der Waals surface area contributed by atoms with Crippen molar-refractivity contribution in [1.29, 1.82) is 0 Å². The second kappa shape index (κ2) is 7.10. The van der Waals surface area contributed by atoms with E-state index in [1.54, 1.807) is 35.0 Å². The number of hydrogen-bond donors (Lipinski definition) is 3. The van der Waals surface area contributed by atoms with Gasteiger partial charge in [-0.3, -0.25) is 14.9 Å². The molecular formula is C17H17N5O3. The molecule has 3 N–H and O–H groups in total. The van der Waals surface area contributed by atoms with Crippen molar-refractivity contribution in [1.82, 2.24) is 19.9 Å². The summed E-state index contributed by atoms with van der Waals surface area (Å²) in [6.07, 6.45) is 1.78. The molecule has 8 heteroatoms. The molecule has 0 bridgehead atoms. The highest BCUT2D eigenvalue weighted by Gasteiger charge is 2.09. The van der Waals surface area contributed by atoms with E-state index in [1.165, 1.54) is 6.92 Å². The van der Waals surface area contributed by atoms with Crippen molar-refractivity contribution in [2.75, 3.05) is 18.5 Å². The van der Waals surface area contributed by atoms with Crippen molar-refractivity contribution in [3.05, 3.63) is 48.2 Å². The summed E-state index contributed by atoms with van der Waals surface area (Å²) >= 11 is 0. The van der Waals surface area contributed by atoms with Crippen LogP contribution >= 0.6 is 0 Å². The Morgan fingerprint density at radius 3 is 2.80 bits per heavy atom. The number of fused-ring (bicyclic) bond motifs is 1. The van der Waals surface area contributed by atoms with E-state index in [0.717, 1.165) is 11.1 Å². The van der Waals surface area contributed by atoms with E-state index < -0.39 is 0 Å². The molecule has 128 valence electrons. The average molecular weight is 339 g/mol. The van der Waals surface area contributed by atoms with Gasteiger partial charge in [0.25, 0.3) is 5.91 Å². The number of aliphatic hydroxyl groups is 1. The molecule has 0 fully saturated rings. The first-order chi connectivity index (χ1) is 12.1. The smallest absolute Gasteiger partial charge is 0.251 e. The van der Waals surface area contributed by atoms with E-state index in [1.807, 2.05) is 12.1 Å². The summed E-state index contributed by atoms with van der Waals surface area (Å²) in [5, 5.41) is 18.2. The summed E-state index contributed by atoms with van der Waals surface area (Å²) in [6, 6.07) is 10.8. The van der Waals surface area contributed by atoms with E-state index in [0.29, 0.717) is 11.2 Å². The molecule has 0 aliphatic heterocycles. The molecule has 0 saturated heterocycles. The lowest BCUT2D eigenvalue weighted by molar-refractivity contribution is -0.114. The summed E-state index contributed by atoms with van der Waals surface area (Å²) in [4.78, 5) is 27.3. The van der Waals surface area contributed by atoms with Crippen molar-refractivity contribution in [3.63, 3.8) is 0 Å². The molecule has 2 amide bonds. The molecule has 2 heterocycles. The lowest BCUT2D eigenvalue weighted by Crippen LogP contribution is -2.26. The van der Waals surface area contributed by atoms with Gasteiger partial charge in [0.1, 0.15) is 0 Å². The van der Waals surface area contributed by atoms with E-state index in [2.05, 4.69) is 20.7 Å². The van der Waals surface area contributed by atoms with Crippen LogP contribution in [0.25, 0.3) is 16.8 Å². The number of hydrogen-bond acceptors (Lipinski definition) is 5. The van der Waals surface area contributed by atoms with Gasteiger partial charge in [0.05, 0.1) is 6.61 Å². The fourth-order valence-electron chi connectivity index (χ4n) is 2.38. The second-order valence-corrected chi connectivity index (χ2v) is 5.40. The average Bonchev–Trinajstić information content (AvgIpc) is 3.00. The molecule has 0 aliphatic carbocycles. The maximum Gasteiger partial charge on any atom is 0.251 e. The molecule has 8 nitrogen and oxygen atoms in total. The van der Waals surface area contributed by atoms with Gasteiger partial charge in [-0.1, -0.05) is 12.1 Å². The number of nitrogens with one attached hydrogen (secondary N) is 2. The van der Waals surface area contributed by atoms with Gasteiger partial charge < -0.3 is 10.4 Å². The number of pyridine rings is 1. The zero-order valence-electron chi connectivity index (χ0n) is 13.6. The van der Waals surface area contributed by atoms with Gasteiger partial charge in [-0.15, -0.1) is 5.10 Å². The summed E-state index contributed by atoms with van der Waals surface area (Å²) < 4.78 is 1.57. The van der Waals surface area contributed by atoms with Crippen molar-refractivity contribution >= 4 is 23.4 Å². The molecule has 25 heavy (non-hydrogen) atoms. The maximum atomic E-state index is 12.0. The highest BCUT2D eigenvalue weighted by molar-refractivity contribution is 5.95. The van der Waals surface area contributed by atoms with Crippen molar-refractivity contribution in [2.24, 2.45) is 0 Å². The highest BCUT2D eigenvalue weighted by atomic mass is 16.3. The minimum absolute atomic E-state index is 0.106. The number of benzene rings is 1. The standard InChI is InChI=1S/C17H17N5O3/c1-11(24)19-17-20-15-6-5-14(10-22(15)21-17)12-3-2-4-13(9-12)16(25)18-7-8-23/h2-6,9-10,23H,7-8H2,1H3,(H,18,25)(H,19,21,24). The third-order valence-electron chi connectivity index (χ3n) is 3.47. The summed E-state index contributed by atoms with van der Waals surface area (Å²) in [5.74, 6) is -0.245. The minimum atomic E-state index is -0.245. The van der Waals surface area contributed by atoms with Crippen molar-refractivity contribution in [2.45, 2.75) is 6.92 Å². The molecule has 0 unspecified atom stereocenters. The Labute approximate surface area is 143 Å². The molecule has 2 aromatic heterocycles. The Bertz CT molecular complexity index is 935. The number of carbonyl (C=O) groups is 2. The largest absolute Gasteiger partial charge is 0.395 e.